The highest BCUT2D eigenvalue weighted by Crippen LogP contribution is 2.17. The molecule has 132 valence electrons. The average molecular weight is 343 g/mol. The molecule has 1 amide bonds. The van der Waals surface area contributed by atoms with Crippen molar-refractivity contribution < 1.29 is 18.0 Å². The Bertz CT molecular complexity index is 726. The molecule has 0 saturated carbocycles. The van der Waals surface area contributed by atoms with Crippen LogP contribution < -0.4 is 5.32 Å². The van der Waals surface area contributed by atoms with Crippen molar-refractivity contribution in [2.75, 3.05) is 26.7 Å². The van der Waals surface area contributed by atoms with Crippen molar-refractivity contribution in [2.24, 2.45) is 7.05 Å². The summed E-state index contributed by atoms with van der Waals surface area (Å²) in [5, 5.41) is 7.73. The van der Waals surface area contributed by atoms with Gasteiger partial charge in [-0.2, -0.15) is 18.3 Å². The van der Waals surface area contributed by atoms with Gasteiger partial charge in [-0.3, -0.25) is 14.4 Å². The lowest BCUT2D eigenvalue weighted by molar-refractivity contribution is -0.143. The molecule has 0 aromatic carbocycles. The number of pyridine rings is 1. The van der Waals surface area contributed by atoms with Crippen LogP contribution in [0.4, 0.5) is 13.2 Å². The van der Waals surface area contributed by atoms with Crippen molar-refractivity contribution in [3.05, 3.63) is 23.5 Å². The van der Waals surface area contributed by atoms with Gasteiger partial charge in [0.15, 0.2) is 5.65 Å². The van der Waals surface area contributed by atoms with Gasteiger partial charge in [-0.25, -0.2) is 4.98 Å². The molecule has 2 heterocycles. The minimum atomic E-state index is -4.21. The van der Waals surface area contributed by atoms with Crippen LogP contribution in [0.3, 0.4) is 0 Å². The van der Waals surface area contributed by atoms with Gasteiger partial charge in [0.25, 0.3) is 5.91 Å². The smallest absolute Gasteiger partial charge is 0.352 e. The molecule has 1 N–H and O–H groups in total. The molecule has 0 saturated heterocycles. The van der Waals surface area contributed by atoms with Crippen molar-refractivity contribution in [3.63, 3.8) is 0 Å². The van der Waals surface area contributed by atoms with E-state index in [2.05, 4.69) is 15.4 Å². The van der Waals surface area contributed by atoms with Crippen LogP contribution in [0.25, 0.3) is 11.0 Å². The first-order valence-electron chi connectivity index (χ1n) is 7.50. The Morgan fingerprint density at radius 1 is 1.42 bits per heavy atom. The van der Waals surface area contributed by atoms with E-state index < -0.39 is 12.7 Å². The number of aryl methyl sites for hydroxylation is 2. The van der Waals surface area contributed by atoms with Crippen molar-refractivity contribution in [1.29, 1.82) is 0 Å². The van der Waals surface area contributed by atoms with Gasteiger partial charge in [-0.1, -0.05) is 0 Å². The van der Waals surface area contributed by atoms with Gasteiger partial charge in [0.05, 0.1) is 17.8 Å². The summed E-state index contributed by atoms with van der Waals surface area (Å²) in [5.41, 5.74) is 1.88. The number of hydrogen-bond donors (Lipinski definition) is 1. The van der Waals surface area contributed by atoms with E-state index in [1.165, 1.54) is 18.1 Å². The predicted octanol–water partition coefficient (Wildman–Crippen LogP) is 1.89. The fourth-order valence-corrected chi connectivity index (χ4v) is 2.47. The monoisotopic (exact) mass is 343 g/mol. The highest BCUT2D eigenvalue weighted by atomic mass is 19.4. The van der Waals surface area contributed by atoms with Crippen LogP contribution in [0.1, 0.15) is 22.5 Å². The van der Waals surface area contributed by atoms with E-state index in [1.807, 2.05) is 6.92 Å². The van der Waals surface area contributed by atoms with E-state index >= 15 is 0 Å². The third kappa shape index (κ3) is 4.67. The third-order valence-corrected chi connectivity index (χ3v) is 3.58. The maximum absolute atomic E-state index is 12.2. The van der Waals surface area contributed by atoms with Crippen LogP contribution in [0.2, 0.25) is 0 Å². The van der Waals surface area contributed by atoms with Crippen LogP contribution in [-0.2, 0) is 7.05 Å². The average Bonchev–Trinajstić information content (AvgIpc) is 2.76. The molecule has 24 heavy (non-hydrogen) atoms. The molecule has 0 radical (unpaired) electrons. The molecule has 0 fully saturated rings. The van der Waals surface area contributed by atoms with Gasteiger partial charge in [0, 0.05) is 25.2 Å². The van der Waals surface area contributed by atoms with Gasteiger partial charge in [0.2, 0.25) is 0 Å². The summed E-state index contributed by atoms with van der Waals surface area (Å²) in [6.07, 6.45) is -2.31. The first-order chi connectivity index (χ1) is 11.2. The van der Waals surface area contributed by atoms with E-state index in [1.54, 1.807) is 17.8 Å². The van der Waals surface area contributed by atoms with E-state index in [0.29, 0.717) is 24.2 Å². The number of carbonyl (C=O) groups is 1. The second-order valence-electron chi connectivity index (χ2n) is 5.77. The highest BCUT2D eigenvalue weighted by molar-refractivity contribution is 5.97. The first kappa shape index (κ1) is 18.2. The Balaban J connectivity index is 1.86. The summed E-state index contributed by atoms with van der Waals surface area (Å²) < 4.78 is 38.2. The molecule has 0 unspecified atom stereocenters. The summed E-state index contributed by atoms with van der Waals surface area (Å²) in [6.45, 7) is 1.42. The maximum atomic E-state index is 12.2. The number of fused-ring (bicyclic) bond motifs is 1. The molecule has 0 aliphatic carbocycles. The summed E-state index contributed by atoms with van der Waals surface area (Å²) >= 11 is 0. The van der Waals surface area contributed by atoms with Crippen LogP contribution in [-0.4, -0.2) is 58.4 Å². The number of nitrogens with zero attached hydrogens (tertiary/aromatic N) is 4. The summed E-state index contributed by atoms with van der Waals surface area (Å²) in [7, 11) is 3.18. The largest absolute Gasteiger partial charge is 0.401 e. The van der Waals surface area contributed by atoms with Crippen molar-refractivity contribution >= 4 is 16.9 Å². The minimum absolute atomic E-state index is 0.249. The van der Waals surface area contributed by atoms with Crippen molar-refractivity contribution in [2.45, 2.75) is 19.5 Å². The molecule has 0 spiro atoms. The lowest BCUT2D eigenvalue weighted by Crippen LogP contribution is -2.33. The quantitative estimate of drug-likeness (QED) is 0.814. The number of hydrogen-bond acceptors (Lipinski definition) is 4. The fourth-order valence-electron chi connectivity index (χ4n) is 2.47. The van der Waals surface area contributed by atoms with Gasteiger partial charge >= 0.3 is 6.18 Å². The Morgan fingerprint density at radius 2 is 2.12 bits per heavy atom. The maximum Gasteiger partial charge on any atom is 0.401 e. The summed E-state index contributed by atoms with van der Waals surface area (Å²) in [5.74, 6) is -0.300. The number of amides is 1. The normalized spacial score (nSPS) is 12.1. The highest BCUT2D eigenvalue weighted by Gasteiger charge is 2.28. The standard InChI is InChI=1S/C15H20F3N5O/c1-10-12-7-11(8-20-13(12)23(3)21-10)14(24)19-5-4-6-22(2)9-15(16,17)18/h7-8H,4-6,9H2,1-3H3,(H,19,24). The minimum Gasteiger partial charge on any atom is -0.352 e. The number of rotatable bonds is 6. The Hall–Kier alpha value is -2.16. The van der Waals surface area contributed by atoms with E-state index in [4.69, 9.17) is 0 Å². The zero-order valence-corrected chi connectivity index (χ0v) is 13.8. The molecule has 2 aromatic rings. The summed E-state index contributed by atoms with van der Waals surface area (Å²) in [6, 6.07) is 1.72. The molecular formula is C15H20F3N5O. The number of halogens is 3. The second kappa shape index (κ2) is 7.16. The van der Waals surface area contributed by atoms with E-state index in [-0.39, 0.29) is 12.5 Å². The molecule has 6 nitrogen and oxygen atoms in total. The van der Waals surface area contributed by atoms with Crippen LogP contribution in [0, 0.1) is 6.92 Å². The predicted molar refractivity (Wildman–Crippen MR) is 83.7 cm³/mol. The van der Waals surface area contributed by atoms with Crippen LogP contribution in [0.5, 0.6) is 0 Å². The molecule has 9 heteroatoms. The lowest BCUT2D eigenvalue weighted by atomic mass is 10.2. The zero-order valence-electron chi connectivity index (χ0n) is 13.8. The molecule has 0 aliphatic heterocycles. The molecule has 2 rings (SSSR count). The van der Waals surface area contributed by atoms with Crippen LogP contribution in [0.15, 0.2) is 12.3 Å². The second-order valence-corrected chi connectivity index (χ2v) is 5.77. The van der Waals surface area contributed by atoms with Gasteiger partial charge in [0.1, 0.15) is 0 Å². The van der Waals surface area contributed by atoms with Gasteiger partial charge < -0.3 is 5.32 Å². The molecule has 2 aromatic heterocycles. The first-order valence-corrected chi connectivity index (χ1v) is 7.50. The zero-order chi connectivity index (χ0) is 17.9. The lowest BCUT2D eigenvalue weighted by Gasteiger charge is -2.18. The molecule has 0 atom stereocenters. The Labute approximate surface area is 137 Å². The number of nitrogens with one attached hydrogen (secondary N) is 1. The molecule has 0 aliphatic rings. The number of carbonyl (C=O) groups excluding carboxylic acids is 1. The van der Waals surface area contributed by atoms with E-state index in [9.17, 15) is 18.0 Å². The number of alkyl halides is 3. The SMILES string of the molecule is Cc1nn(C)c2ncc(C(=O)NCCCN(C)CC(F)(F)F)cc12. The van der Waals surface area contributed by atoms with Gasteiger partial charge in [-0.05, 0) is 33.0 Å². The van der Waals surface area contributed by atoms with Gasteiger partial charge in [-0.15, -0.1) is 0 Å². The Kier molecular flexibility index (Phi) is 5.43. The molecular weight excluding hydrogens is 323 g/mol. The topological polar surface area (TPSA) is 63.1 Å². The van der Waals surface area contributed by atoms with Crippen LogP contribution >= 0.6 is 0 Å². The van der Waals surface area contributed by atoms with Crippen molar-refractivity contribution in [1.82, 2.24) is 25.0 Å². The summed E-state index contributed by atoms with van der Waals surface area (Å²) in [4.78, 5) is 17.5. The van der Waals surface area contributed by atoms with Crippen molar-refractivity contribution in [3.8, 4) is 0 Å². The molecule has 0 bridgehead atoms. The third-order valence-electron chi connectivity index (χ3n) is 3.58. The Morgan fingerprint density at radius 3 is 2.79 bits per heavy atom. The number of aromatic nitrogens is 3. The fraction of sp³-hybridized carbons (Fsp3) is 0.533. The van der Waals surface area contributed by atoms with E-state index in [0.717, 1.165) is 11.1 Å².